The SMILES string of the molecule is [S-]c1ccccc1Pc1ccccc1S. The molecule has 0 radical (unpaired) electrons. The minimum Gasteiger partial charge on any atom is -0.779 e. The first kappa shape index (κ1) is 10.9. The van der Waals surface area contributed by atoms with E-state index in [1.165, 1.54) is 10.6 Å². The summed E-state index contributed by atoms with van der Waals surface area (Å²) in [5.41, 5.74) is 0. The Morgan fingerprint density at radius 2 is 1.47 bits per heavy atom. The smallest absolute Gasteiger partial charge is 0.0118 e. The van der Waals surface area contributed by atoms with Crippen LogP contribution < -0.4 is 10.6 Å². The Bertz CT molecular complexity index is 425. The first-order valence-corrected chi connectivity index (χ1v) is 6.44. The first-order valence-electron chi connectivity index (χ1n) is 4.58. The van der Waals surface area contributed by atoms with Gasteiger partial charge in [0.25, 0.3) is 0 Å². The highest BCUT2D eigenvalue weighted by Crippen LogP contribution is 2.17. The highest BCUT2D eigenvalue weighted by molar-refractivity contribution is 7.81. The Morgan fingerprint density at radius 3 is 2.13 bits per heavy atom. The van der Waals surface area contributed by atoms with Crippen LogP contribution in [0.2, 0.25) is 0 Å². The number of benzene rings is 2. The van der Waals surface area contributed by atoms with Crippen molar-refractivity contribution in [3.63, 3.8) is 0 Å². The van der Waals surface area contributed by atoms with Crippen LogP contribution in [-0.4, -0.2) is 0 Å². The lowest BCUT2D eigenvalue weighted by molar-refractivity contribution is 1.53. The zero-order valence-corrected chi connectivity index (χ0v) is 10.7. The third kappa shape index (κ3) is 2.72. The molecule has 0 spiro atoms. The Balaban J connectivity index is 2.30. The Hall–Kier alpha value is -0.560. The van der Waals surface area contributed by atoms with Gasteiger partial charge in [-0.3, -0.25) is 0 Å². The van der Waals surface area contributed by atoms with Crippen molar-refractivity contribution in [2.24, 2.45) is 0 Å². The summed E-state index contributed by atoms with van der Waals surface area (Å²) in [5, 5.41) is 2.46. The fourth-order valence-corrected chi connectivity index (χ4v) is 2.99. The summed E-state index contributed by atoms with van der Waals surface area (Å²) in [5.74, 6) is 0. The van der Waals surface area contributed by atoms with Gasteiger partial charge in [0.15, 0.2) is 0 Å². The largest absolute Gasteiger partial charge is 0.779 e. The van der Waals surface area contributed by atoms with Crippen molar-refractivity contribution >= 4 is 44.4 Å². The van der Waals surface area contributed by atoms with Crippen LogP contribution >= 0.6 is 21.2 Å². The third-order valence-corrected chi connectivity index (χ3v) is 4.61. The van der Waals surface area contributed by atoms with Crippen LogP contribution in [0.1, 0.15) is 0 Å². The second kappa shape index (κ2) is 4.98. The molecule has 0 aromatic heterocycles. The molecule has 1 atom stereocenters. The van der Waals surface area contributed by atoms with Gasteiger partial charge in [0, 0.05) is 4.90 Å². The molecular formula is C12H10PS2-. The van der Waals surface area contributed by atoms with Crippen molar-refractivity contribution in [3.8, 4) is 0 Å². The molecule has 0 amide bonds. The monoisotopic (exact) mass is 249 g/mol. The molecule has 0 N–H and O–H groups in total. The summed E-state index contributed by atoms with van der Waals surface area (Å²) in [6, 6.07) is 16.2. The average Bonchev–Trinajstić information content (AvgIpc) is 2.24. The topological polar surface area (TPSA) is 0 Å². The van der Waals surface area contributed by atoms with E-state index >= 15 is 0 Å². The van der Waals surface area contributed by atoms with Crippen molar-refractivity contribution in [2.75, 3.05) is 0 Å². The van der Waals surface area contributed by atoms with Crippen LogP contribution in [0.5, 0.6) is 0 Å². The van der Waals surface area contributed by atoms with E-state index in [1.807, 2.05) is 36.4 Å². The standard InChI is InChI=1S/C12H11PS2/c14-11-7-3-1-5-9(11)13-10-6-2-4-8-12(10)15/h1-8,13-15H/p-1. The van der Waals surface area contributed by atoms with Crippen LogP contribution in [0, 0.1) is 0 Å². The molecule has 0 aliphatic rings. The molecule has 0 aliphatic heterocycles. The van der Waals surface area contributed by atoms with Gasteiger partial charge in [0.1, 0.15) is 0 Å². The van der Waals surface area contributed by atoms with Gasteiger partial charge in [-0.05, 0) is 16.7 Å². The average molecular weight is 249 g/mol. The van der Waals surface area contributed by atoms with Gasteiger partial charge in [-0.15, -0.1) is 12.6 Å². The lowest BCUT2D eigenvalue weighted by Gasteiger charge is -2.14. The lowest BCUT2D eigenvalue weighted by atomic mass is 10.4. The van der Waals surface area contributed by atoms with Crippen molar-refractivity contribution in [3.05, 3.63) is 48.5 Å². The fourth-order valence-electron chi connectivity index (χ4n) is 1.29. The molecule has 76 valence electrons. The highest BCUT2D eigenvalue weighted by Gasteiger charge is 1.99. The van der Waals surface area contributed by atoms with Gasteiger partial charge in [-0.25, -0.2) is 0 Å². The molecule has 0 saturated heterocycles. The second-order valence-electron chi connectivity index (χ2n) is 3.14. The van der Waals surface area contributed by atoms with Crippen LogP contribution in [0.15, 0.2) is 58.3 Å². The van der Waals surface area contributed by atoms with E-state index in [-0.39, 0.29) is 0 Å². The fraction of sp³-hybridized carbons (Fsp3) is 0. The molecule has 3 heteroatoms. The van der Waals surface area contributed by atoms with E-state index < -0.39 is 0 Å². The minimum absolute atomic E-state index is 0.594. The normalized spacial score (nSPS) is 11.0. The number of thiol groups is 1. The van der Waals surface area contributed by atoms with Crippen LogP contribution in [0.3, 0.4) is 0 Å². The molecule has 0 fully saturated rings. The lowest BCUT2D eigenvalue weighted by Crippen LogP contribution is -2.06. The molecule has 0 heterocycles. The zero-order chi connectivity index (χ0) is 10.7. The molecule has 2 rings (SSSR count). The molecular weight excluding hydrogens is 239 g/mol. The van der Waals surface area contributed by atoms with Crippen molar-refractivity contribution in [1.29, 1.82) is 0 Å². The summed E-state index contributed by atoms with van der Waals surface area (Å²) >= 11 is 9.71. The van der Waals surface area contributed by atoms with Gasteiger partial charge in [-0.1, -0.05) is 51.0 Å². The van der Waals surface area contributed by atoms with Gasteiger partial charge in [0.05, 0.1) is 0 Å². The molecule has 0 bridgehead atoms. The molecule has 0 saturated carbocycles. The van der Waals surface area contributed by atoms with Gasteiger partial charge >= 0.3 is 0 Å². The van der Waals surface area contributed by atoms with Crippen LogP contribution in [-0.2, 0) is 12.6 Å². The number of hydrogen-bond donors (Lipinski definition) is 1. The summed E-state index contributed by atoms with van der Waals surface area (Å²) in [4.78, 5) is 1.97. The summed E-state index contributed by atoms with van der Waals surface area (Å²) in [6.45, 7) is 0. The Kier molecular flexibility index (Phi) is 3.63. The van der Waals surface area contributed by atoms with E-state index in [2.05, 4.69) is 24.8 Å². The minimum atomic E-state index is 0.594. The first-order chi connectivity index (χ1) is 7.27. The number of hydrogen-bond acceptors (Lipinski definition) is 2. The van der Waals surface area contributed by atoms with E-state index in [1.54, 1.807) is 0 Å². The van der Waals surface area contributed by atoms with E-state index in [4.69, 9.17) is 12.6 Å². The van der Waals surface area contributed by atoms with Gasteiger partial charge in [-0.2, -0.15) is 4.90 Å². The molecule has 0 nitrogen and oxygen atoms in total. The summed E-state index contributed by atoms with van der Waals surface area (Å²) < 4.78 is 0. The predicted molar refractivity (Wildman–Crippen MR) is 73.4 cm³/mol. The summed E-state index contributed by atoms with van der Waals surface area (Å²) in [6.07, 6.45) is 0. The van der Waals surface area contributed by atoms with E-state index in [0.29, 0.717) is 8.58 Å². The maximum absolute atomic E-state index is 5.28. The van der Waals surface area contributed by atoms with Gasteiger partial charge < -0.3 is 12.6 Å². The van der Waals surface area contributed by atoms with E-state index in [0.717, 1.165) is 9.79 Å². The Labute approximate surface area is 103 Å². The van der Waals surface area contributed by atoms with E-state index in [9.17, 15) is 0 Å². The molecule has 2 aromatic carbocycles. The van der Waals surface area contributed by atoms with Crippen molar-refractivity contribution in [2.45, 2.75) is 9.79 Å². The maximum Gasteiger partial charge on any atom is 0.0118 e. The molecule has 0 aliphatic carbocycles. The van der Waals surface area contributed by atoms with Crippen molar-refractivity contribution < 1.29 is 0 Å². The second-order valence-corrected chi connectivity index (χ2v) is 5.39. The quantitative estimate of drug-likeness (QED) is 0.485. The maximum atomic E-state index is 5.28. The zero-order valence-electron chi connectivity index (χ0n) is 7.97. The number of rotatable bonds is 2. The third-order valence-electron chi connectivity index (χ3n) is 2.06. The highest BCUT2D eigenvalue weighted by atomic mass is 32.1. The molecule has 1 unspecified atom stereocenters. The Morgan fingerprint density at radius 1 is 0.867 bits per heavy atom. The van der Waals surface area contributed by atoms with Crippen LogP contribution in [0.25, 0.3) is 0 Å². The van der Waals surface area contributed by atoms with Crippen LogP contribution in [0.4, 0.5) is 0 Å². The van der Waals surface area contributed by atoms with Gasteiger partial charge in [0.2, 0.25) is 0 Å². The molecule has 15 heavy (non-hydrogen) atoms. The predicted octanol–water partition coefficient (Wildman–Crippen LogP) is 2.51. The summed E-state index contributed by atoms with van der Waals surface area (Å²) in [7, 11) is 0.594. The molecule has 2 aromatic rings. The van der Waals surface area contributed by atoms with Crippen molar-refractivity contribution in [1.82, 2.24) is 0 Å².